The first kappa shape index (κ1) is 11.1. The van der Waals surface area contributed by atoms with Crippen molar-refractivity contribution < 1.29 is 5.11 Å². The van der Waals surface area contributed by atoms with Gasteiger partial charge in [0.15, 0.2) is 0 Å². The van der Waals surface area contributed by atoms with Crippen LogP contribution in [0.2, 0.25) is 15.1 Å². The van der Waals surface area contributed by atoms with Crippen LogP contribution in [0.25, 0.3) is 0 Å². The van der Waals surface area contributed by atoms with Crippen LogP contribution in [0.3, 0.4) is 0 Å². The summed E-state index contributed by atoms with van der Waals surface area (Å²) in [6.07, 6.45) is -0.0570. The Bertz CT molecular complexity index is 289. The molecule has 1 atom stereocenters. The molecule has 0 amide bonds. The van der Waals surface area contributed by atoms with Gasteiger partial charge >= 0.3 is 0 Å². The van der Waals surface area contributed by atoms with E-state index in [4.69, 9.17) is 34.8 Å². The average Bonchev–Trinajstić information content (AvgIpc) is 2.02. The molecule has 0 unspecified atom stereocenters. The van der Waals surface area contributed by atoms with Crippen LogP contribution < -0.4 is 0 Å². The summed E-state index contributed by atoms with van der Waals surface area (Å²) in [5.74, 6) is 0. The number of benzene rings is 1. The highest BCUT2D eigenvalue weighted by Crippen LogP contribution is 2.34. The number of halogens is 3. The Balaban J connectivity index is 3.20. The molecule has 1 aromatic rings. The lowest BCUT2D eigenvalue weighted by molar-refractivity contribution is 0.174. The number of hydrogen-bond acceptors (Lipinski definition) is 1. The van der Waals surface area contributed by atoms with E-state index in [1.807, 2.05) is 6.92 Å². The van der Waals surface area contributed by atoms with Crippen LogP contribution in [0.15, 0.2) is 12.1 Å². The van der Waals surface area contributed by atoms with Crippen molar-refractivity contribution in [2.45, 2.75) is 19.4 Å². The Morgan fingerprint density at radius 1 is 1.23 bits per heavy atom. The van der Waals surface area contributed by atoms with E-state index in [2.05, 4.69) is 0 Å². The van der Waals surface area contributed by atoms with Gasteiger partial charge in [-0.05, 0) is 18.6 Å². The zero-order chi connectivity index (χ0) is 10.0. The highest BCUT2D eigenvalue weighted by Gasteiger charge is 2.14. The van der Waals surface area contributed by atoms with Crippen LogP contribution in [0.5, 0.6) is 0 Å². The van der Waals surface area contributed by atoms with Gasteiger partial charge in [-0.25, -0.2) is 0 Å². The predicted octanol–water partition coefficient (Wildman–Crippen LogP) is 4.09. The van der Waals surface area contributed by atoms with Gasteiger partial charge in [0.25, 0.3) is 0 Å². The molecule has 0 aliphatic rings. The van der Waals surface area contributed by atoms with Crippen LogP contribution in [-0.4, -0.2) is 5.11 Å². The standard InChI is InChI=1S/C9H9Cl3O/c1-2-8(13)9-6(11)3-5(10)4-7(9)12/h3-4,8,13H,2H2,1H3/t8-/m0/s1. The zero-order valence-electron chi connectivity index (χ0n) is 7.02. The summed E-state index contributed by atoms with van der Waals surface area (Å²) in [5.41, 5.74) is 0.551. The normalized spacial score (nSPS) is 13.0. The van der Waals surface area contributed by atoms with Crippen molar-refractivity contribution in [2.24, 2.45) is 0 Å². The molecule has 0 heterocycles. The fraction of sp³-hybridized carbons (Fsp3) is 0.333. The van der Waals surface area contributed by atoms with Gasteiger partial charge in [0.05, 0.1) is 6.10 Å². The van der Waals surface area contributed by atoms with E-state index < -0.39 is 6.10 Å². The minimum atomic E-state index is -0.628. The molecule has 0 bridgehead atoms. The first-order valence-electron chi connectivity index (χ1n) is 3.88. The number of rotatable bonds is 2. The molecular weight excluding hydrogens is 230 g/mol. The predicted molar refractivity (Wildman–Crippen MR) is 56.7 cm³/mol. The van der Waals surface area contributed by atoms with Crippen molar-refractivity contribution in [1.29, 1.82) is 0 Å². The summed E-state index contributed by atoms with van der Waals surface area (Å²) >= 11 is 17.5. The lowest BCUT2D eigenvalue weighted by Crippen LogP contribution is -1.97. The molecule has 4 heteroatoms. The minimum Gasteiger partial charge on any atom is -0.388 e. The molecule has 0 spiro atoms. The third kappa shape index (κ3) is 2.50. The van der Waals surface area contributed by atoms with E-state index in [1.54, 1.807) is 12.1 Å². The first-order chi connectivity index (χ1) is 6.06. The van der Waals surface area contributed by atoms with Gasteiger partial charge < -0.3 is 5.11 Å². The Morgan fingerprint density at radius 2 is 1.69 bits per heavy atom. The van der Waals surface area contributed by atoms with Crippen molar-refractivity contribution in [2.75, 3.05) is 0 Å². The van der Waals surface area contributed by atoms with Gasteiger partial charge in [-0.2, -0.15) is 0 Å². The van der Waals surface area contributed by atoms with Crippen molar-refractivity contribution in [3.63, 3.8) is 0 Å². The quantitative estimate of drug-likeness (QED) is 0.824. The Morgan fingerprint density at radius 3 is 2.08 bits per heavy atom. The second-order valence-corrected chi connectivity index (χ2v) is 3.96. The molecule has 0 saturated heterocycles. The van der Waals surface area contributed by atoms with E-state index >= 15 is 0 Å². The number of hydrogen-bond donors (Lipinski definition) is 1. The van der Waals surface area contributed by atoms with Gasteiger partial charge in [0, 0.05) is 20.6 Å². The minimum absolute atomic E-state index is 0.409. The molecular formula is C9H9Cl3O. The molecule has 0 radical (unpaired) electrons. The van der Waals surface area contributed by atoms with Crippen LogP contribution >= 0.6 is 34.8 Å². The molecule has 0 aliphatic carbocycles. The van der Waals surface area contributed by atoms with Crippen molar-refractivity contribution in [3.8, 4) is 0 Å². The Kier molecular flexibility index (Phi) is 3.87. The SMILES string of the molecule is CC[C@H](O)c1c(Cl)cc(Cl)cc1Cl. The van der Waals surface area contributed by atoms with Crippen LogP contribution in [0.4, 0.5) is 0 Å². The summed E-state index contributed by atoms with van der Waals surface area (Å²) in [6, 6.07) is 3.15. The summed E-state index contributed by atoms with van der Waals surface area (Å²) in [5, 5.41) is 10.9. The largest absolute Gasteiger partial charge is 0.388 e. The molecule has 72 valence electrons. The highest BCUT2D eigenvalue weighted by atomic mass is 35.5. The number of aliphatic hydroxyl groups is 1. The lowest BCUT2D eigenvalue weighted by atomic mass is 10.1. The smallest absolute Gasteiger partial charge is 0.0816 e. The third-order valence-corrected chi connectivity index (χ3v) is 2.61. The molecule has 0 aliphatic heterocycles. The van der Waals surface area contributed by atoms with Gasteiger partial charge in [0.1, 0.15) is 0 Å². The van der Waals surface area contributed by atoms with E-state index in [-0.39, 0.29) is 0 Å². The van der Waals surface area contributed by atoms with Gasteiger partial charge in [0.2, 0.25) is 0 Å². The fourth-order valence-electron chi connectivity index (χ4n) is 1.08. The molecule has 1 N–H and O–H groups in total. The maximum absolute atomic E-state index is 9.57. The maximum Gasteiger partial charge on any atom is 0.0816 e. The topological polar surface area (TPSA) is 20.2 Å². The second-order valence-electron chi connectivity index (χ2n) is 2.71. The van der Waals surface area contributed by atoms with Crippen LogP contribution in [0.1, 0.15) is 25.0 Å². The van der Waals surface area contributed by atoms with Crippen molar-refractivity contribution in [1.82, 2.24) is 0 Å². The fourth-order valence-corrected chi connectivity index (χ4v) is 2.14. The maximum atomic E-state index is 9.57. The monoisotopic (exact) mass is 238 g/mol. The summed E-state index contributed by atoms with van der Waals surface area (Å²) in [4.78, 5) is 0. The average molecular weight is 240 g/mol. The molecule has 1 aromatic carbocycles. The molecule has 1 rings (SSSR count). The van der Waals surface area contributed by atoms with Crippen LogP contribution in [0, 0.1) is 0 Å². The van der Waals surface area contributed by atoms with Crippen molar-refractivity contribution in [3.05, 3.63) is 32.8 Å². The summed E-state index contributed by atoms with van der Waals surface area (Å²) in [7, 11) is 0. The molecule has 1 nitrogen and oxygen atoms in total. The third-order valence-electron chi connectivity index (χ3n) is 1.76. The Labute approximate surface area is 92.2 Å². The van der Waals surface area contributed by atoms with E-state index in [9.17, 15) is 5.11 Å². The van der Waals surface area contributed by atoms with Gasteiger partial charge in [-0.3, -0.25) is 0 Å². The Hall–Kier alpha value is 0.0500. The molecule has 0 aromatic heterocycles. The van der Waals surface area contributed by atoms with E-state index in [0.29, 0.717) is 27.1 Å². The summed E-state index contributed by atoms with van der Waals surface area (Å²) in [6.45, 7) is 1.85. The first-order valence-corrected chi connectivity index (χ1v) is 5.02. The molecule has 0 fully saturated rings. The highest BCUT2D eigenvalue weighted by molar-refractivity contribution is 6.39. The van der Waals surface area contributed by atoms with Gasteiger partial charge in [-0.1, -0.05) is 41.7 Å². The van der Waals surface area contributed by atoms with Crippen molar-refractivity contribution >= 4 is 34.8 Å². The van der Waals surface area contributed by atoms with E-state index in [1.165, 1.54) is 0 Å². The van der Waals surface area contributed by atoms with E-state index in [0.717, 1.165) is 0 Å². The molecule has 0 saturated carbocycles. The zero-order valence-corrected chi connectivity index (χ0v) is 9.29. The molecule has 13 heavy (non-hydrogen) atoms. The lowest BCUT2D eigenvalue weighted by Gasteiger charge is -2.12. The number of aliphatic hydroxyl groups excluding tert-OH is 1. The second kappa shape index (κ2) is 4.52. The summed E-state index contributed by atoms with van der Waals surface area (Å²) < 4.78 is 0. The van der Waals surface area contributed by atoms with Crippen LogP contribution in [-0.2, 0) is 0 Å². The van der Waals surface area contributed by atoms with Gasteiger partial charge in [-0.15, -0.1) is 0 Å².